The normalized spacial score (nSPS) is 22.7. The minimum absolute atomic E-state index is 0.00917. The van der Waals surface area contributed by atoms with Gasteiger partial charge < -0.3 is 9.84 Å². The second kappa shape index (κ2) is 12.0. The van der Waals surface area contributed by atoms with Crippen molar-refractivity contribution in [2.75, 3.05) is 7.11 Å². The number of hydrogen-bond donors (Lipinski definition) is 1. The molecule has 50 heavy (non-hydrogen) atoms. The van der Waals surface area contributed by atoms with Gasteiger partial charge in [-0.05, 0) is 59.0 Å². The van der Waals surface area contributed by atoms with Crippen molar-refractivity contribution in [1.29, 1.82) is 0 Å². The molecule has 9 heteroatoms. The molecule has 3 aliphatic rings. The maximum absolute atomic E-state index is 15.0. The number of ether oxygens (including phenoxy) is 1. The summed E-state index contributed by atoms with van der Waals surface area (Å²) in [6, 6.07) is 31.6. The van der Waals surface area contributed by atoms with Crippen LogP contribution in [-0.4, -0.2) is 37.7 Å². The Morgan fingerprint density at radius 1 is 0.840 bits per heavy atom. The molecule has 4 aromatic carbocycles. The molecule has 0 spiro atoms. The Hall–Kier alpha value is -6.22. The van der Waals surface area contributed by atoms with E-state index in [9.17, 15) is 19.5 Å². The van der Waals surface area contributed by atoms with E-state index in [1.807, 2.05) is 85.0 Å². The maximum Gasteiger partial charge on any atom is 0.352 e. The van der Waals surface area contributed by atoms with Gasteiger partial charge in [0.05, 0.1) is 30.8 Å². The molecule has 0 amide bonds. The van der Waals surface area contributed by atoms with Gasteiger partial charge in [0.15, 0.2) is 23.1 Å². The third-order valence-corrected chi connectivity index (χ3v) is 10.4. The van der Waals surface area contributed by atoms with Crippen molar-refractivity contribution in [3.8, 4) is 17.2 Å². The number of ketones is 2. The fourth-order valence-corrected chi connectivity index (χ4v) is 8.19. The number of para-hydroxylation sites is 1. The van der Waals surface area contributed by atoms with Crippen molar-refractivity contribution in [2.24, 2.45) is 11.8 Å². The van der Waals surface area contributed by atoms with Crippen molar-refractivity contribution >= 4 is 23.2 Å². The fourth-order valence-electron chi connectivity index (χ4n) is 8.19. The van der Waals surface area contributed by atoms with Crippen LogP contribution < -0.4 is 16.1 Å². The largest absolute Gasteiger partial charge is 0.504 e. The molecule has 2 aliphatic carbocycles. The van der Waals surface area contributed by atoms with Crippen LogP contribution >= 0.6 is 0 Å². The number of hydrogen-bond acceptors (Lipinski definition) is 6. The van der Waals surface area contributed by atoms with Gasteiger partial charge in [0.2, 0.25) is 0 Å². The minimum atomic E-state index is -1.34. The molecule has 1 saturated carbocycles. The van der Waals surface area contributed by atoms with Crippen LogP contribution in [0.15, 0.2) is 143 Å². The average Bonchev–Trinajstić information content (AvgIpc) is 3.42. The van der Waals surface area contributed by atoms with Crippen LogP contribution in [0.4, 0.5) is 0 Å². The second-order valence-corrected chi connectivity index (χ2v) is 12.8. The Bertz CT molecular complexity index is 2370. The van der Waals surface area contributed by atoms with Gasteiger partial charge in [-0.3, -0.25) is 9.59 Å². The van der Waals surface area contributed by atoms with Crippen molar-refractivity contribution in [3.05, 3.63) is 171 Å². The number of nitrogens with zero attached hydrogens (tertiary/aromatic N) is 3. The first-order valence-corrected chi connectivity index (χ1v) is 16.5. The molecule has 5 aromatic rings. The molecule has 9 nitrogen and oxygen atoms in total. The van der Waals surface area contributed by atoms with Gasteiger partial charge in [-0.15, -0.1) is 0 Å². The zero-order valence-corrected chi connectivity index (χ0v) is 27.2. The topological polar surface area (TPSA) is 113 Å². The molecule has 1 N–H and O–H groups in total. The lowest BCUT2D eigenvalue weighted by molar-refractivity contribution is -0.133. The number of phenols is 1. The summed E-state index contributed by atoms with van der Waals surface area (Å²) in [6.45, 7) is 0.111. The summed E-state index contributed by atoms with van der Waals surface area (Å²) in [5.41, 5.74) is 1.27. The van der Waals surface area contributed by atoms with Gasteiger partial charge in [0.25, 0.3) is 0 Å². The first-order valence-electron chi connectivity index (χ1n) is 16.5. The van der Waals surface area contributed by atoms with Gasteiger partial charge in [0, 0.05) is 17.4 Å². The van der Waals surface area contributed by atoms with E-state index >= 15 is 4.79 Å². The number of allylic oxidation sites excluding steroid dienone is 5. The van der Waals surface area contributed by atoms with Crippen molar-refractivity contribution in [2.45, 2.75) is 24.4 Å². The summed E-state index contributed by atoms with van der Waals surface area (Å²) in [6.07, 6.45) is 7.32. The van der Waals surface area contributed by atoms with Crippen LogP contribution in [-0.2, 0) is 21.5 Å². The summed E-state index contributed by atoms with van der Waals surface area (Å²) in [5, 5.41) is 10.2. The smallest absolute Gasteiger partial charge is 0.352 e. The summed E-state index contributed by atoms with van der Waals surface area (Å²) in [7, 11) is 1.47. The predicted molar refractivity (Wildman–Crippen MR) is 189 cm³/mol. The Morgan fingerprint density at radius 2 is 1.52 bits per heavy atom. The molecule has 4 atom stereocenters. The molecule has 0 saturated heterocycles. The van der Waals surface area contributed by atoms with Crippen LogP contribution in [0.5, 0.6) is 11.5 Å². The maximum atomic E-state index is 15.0. The molecular weight excluding hydrogens is 630 g/mol. The number of fused-ring (bicyclic) bond motifs is 4. The Kier molecular flexibility index (Phi) is 7.48. The molecule has 8 rings (SSSR count). The monoisotopic (exact) mass is 663 g/mol. The first-order chi connectivity index (χ1) is 24.3. The highest BCUT2D eigenvalue weighted by Gasteiger charge is 2.62. The zero-order valence-electron chi connectivity index (χ0n) is 27.2. The van der Waals surface area contributed by atoms with E-state index in [2.05, 4.69) is 0 Å². The number of aromatic nitrogens is 3. The number of benzene rings is 4. The van der Waals surface area contributed by atoms with Crippen molar-refractivity contribution in [3.63, 3.8) is 0 Å². The second-order valence-electron chi connectivity index (χ2n) is 12.8. The van der Waals surface area contributed by atoms with E-state index in [0.717, 1.165) is 10.1 Å². The highest BCUT2D eigenvalue weighted by molar-refractivity contribution is 6.31. The average molecular weight is 664 g/mol. The van der Waals surface area contributed by atoms with Gasteiger partial charge in [0.1, 0.15) is 0 Å². The number of methoxy groups -OCH3 is 1. The van der Waals surface area contributed by atoms with E-state index < -0.39 is 34.7 Å². The van der Waals surface area contributed by atoms with Gasteiger partial charge >= 0.3 is 11.4 Å². The SMILES string of the molecule is COc1cc(C=C[C@H]2C3=CCn4c(=O)n(-c5ccccc5)c(=O)n4[C@@H]3C[C@H]3C(=O)C(c4ccccc4)=CC(=O)[C@@]23c2ccccc2)ccc1O. The molecule has 0 radical (unpaired) electrons. The fraction of sp³-hybridized carbons (Fsp3) is 0.171. The molecule has 1 aliphatic heterocycles. The quantitative estimate of drug-likeness (QED) is 0.240. The molecule has 248 valence electrons. The first kappa shape index (κ1) is 31.1. The lowest BCUT2D eigenvalue weighted by atomic mass is 9.49. The third-order valence-electron chi connectivity index (χ3n) is 10.4. The standard InChI is InChI=1S/C41H33N3O6/c1-50-36-23-26(18-20-35(36)45)17-19-32-30-21-22-42-39(48)43(29-15-9-4-10-16-29)40(49)44(42)34(30)25-33-38(47)31(27-11-5-2-6-12-27)24-37(46)41(32,33)28-13-7-3-8-14-28/h2-21,23-24,32-34,45H,22,25H2,1H3/t32-,33-,34+,41-/m0/s1. The molecule has 1 aromatic heterocycles. The predicted octanol–water partition coefficient (Wildman–Crippen LogP) is 5.52. The van der Waals surface area contributed by atoms with Crippen molar-refractivity contribution < 1.29 is 19.4 Å². The lowest BCUT2D eigenvalue weighted by Crippen LogP contribution is -2.59. The number of carbonyl (C=O) groups is 2. The van der Waals surface area contributed by atoms with Crippen molar-refractivity contribution in [1.82, 2.24) is 13.9 Å². The Labute approximate surface area is 287 Å². The van der Waals surface area contributed by atoms with Crippen LogP contribution in [0, 0.1) is 11.8 Å². The highest BCUT2D eigenvalue weighted by Crippen LogP contribution is 2.58. The van der Waals surface area contributed by atoms with Crippen LogP contribution in [0.3, 0.4) is 0 Å². The van der Waals surface area contributed by atoms with E-state index in [4.69, 9.17) is 4.74 Å². The third kappa shape index (κ3) is 4.61. The number of Topliss-reactive ketones (excluding diaryl/α,β-unsaturated/α-hetero) is 1. The lowest BCUT2D eigenvalue weighted by Gasteiger charge is -2.53. The molecule has 1 fully saturated rings. The van der Waals surface area contributed by atoms with Gasteiger partial charge in [-0.25, -0.2) is 23.5 Å². The Morgan fingerprint density at radius 3 is 2.22 bits per heavy atom. The van der Waals surface area contributed by atoms with E-state index in [0.29, 0.717) is 33.7 Å². The number of rotatable bonds is 6. The molecule has 0 bridgehead atoms. The molecular formula is C41H33N3O6. The van der Waals surface area contributed by atoms with Crippen LogP contribution in [0.1, 0.15) is 29.2 Å². The minimum Gasteiger partial charge on any atom is -0.504 e. The summed E-state index contributed by atoms with van der Waals surface area (Å²) in [5.74, 6) is -1.69. The van der Waals surface area contributed by atoms with E-state index in [-0.39, 0.29) is 30.3 Å². The highest BCUT2D eigenvalue weighted by atomic mass is 16.5. The summed E-state index contributed by atoms with van der Waals surface area (Å²) >= 11 is 0. The van der Waals surface area contributed by atoms with Gasteiger partial charge in [-0.1, -0.05) is 103 Å². The van der Waals surface area contributed by atoms with Gasteiger partial charge in [-0.2, -0.15) is 0 Å². The van der Waals surface area contributed by atoms with Crippen LogP contribution in [0.2, 0.25) is 0 Å². The molecule has 2 heterocycles. The Balaban J connectivity index is 1.38. The molecule has 0 unspecified atom stereocenters. The van der Waals surface area contributed by atoms with Crippen LogP contribution in [0.25, 0.3) is 17.3 Å². The van der Waals surface area contributed by atoms with E-state index in [1.54, 1.807) is 36.4 Å². The number of carbonyl (C=O) groups excluding carboxylic acids is 2. The van der Waals surface area contributed by atoms with E-state index in [1.165, 1.54) is 28.6 Å². The summed E-state index contributed by atoms with van der Waals surface area (Å²) in [4.78, 5) is 58.0. The zero-order chi connectivity index (χ0) is 34.6. The summed E-state index contributed by atoms with van der Waals surface area (Å²) < 4.78 is 9.41. The number of phenolic OH excluding ortho intramolecular Hbond substituents is 1. The number of aromatic hydroxyl groups is 1.